The number of aromatic amines is 1. The van der Waals surface area contributed by atoms with E-state index in [2.05, 4.69) is 16.0 Å². The molecule has 0 saturated carbocycles. The van der Waals surface area contributed by atoms with E-state index in [1.54, 1.807) is 27.7 Å². The van der Waals surface area contributed by atoms with Crippen molar-refractivity contribution in [1.29, 1.82) is 5.26 Å². The maximum Gasteiger partial charge on any atom is 0.340 e. The van der Waals surface area contributed by atoms with Gasteiger partial charge in [0.2, 0.25) is 0 Å². The Bertz CT molecular complexity index is 941. The van der Waals surface area contributed by atoms with Gasteiger partial charge in [0, 0.05) is 11.4 Å². The maximum atomic E-state index is 13.0. The highest BCUT2D eigenvalue weighted by atomic mass is 32.2. The van der Waals surface area contributed by atoms with Crippen LogP contribution in [0.5, 0.6) is 0 Å². The number of aryl methyl sites for hydroxylation is 3. The quantitative estimate of drug-likeness (QED) is 0.458. The van der Waals surface area contributed by atoms with Gasteiger partial charge in [-0.1, -0.05) is 11.8 Å². The van der Waals surface area contributed by atoms with E-state index in [0.29, 0.717) is 33.1 Å². The summed E-state index contributed by atoms with van der Waals surface area (Å²) in [5, 5.41) is 9.48. The second-order valence-electron chi connectivity index (χ2n) is 6.34. The smallest absolute Gasteiger partial charge is 0.340 e. The Morgan fingerprint density at radius 2 is 2.00 bits per heavy atom. The van der Waals surface area contributed by atoms with Crippen LogP contribution in [0.1, 0.15) is 62.8 Å². The summed E-state index contributed by atoms with van der Waals surface area (Å²) in [6.45, 7) is 11.0. The van der Waals surface area contributed by atoms with Crippen molar-refractivity contribution in [1.82, 2.24) is 9.97 Å². The molecule has 1 atom stereocenters. The minimum Gasteiger partial charge on any atom is -0.462 e. The van der Waals surface area contributed by atoms with Crippen molar-refractivity contribution in [2.75, 3.05) is 6.61 Å². The Hall–Kier alpha value is -2.59. The van der Waals surface area contributed by atoms with E-state index >= 15 is 0 Å². The molecule has 2 heterocycles. The number of aromatic nitrogens is 2. The standard InChI is InChI=1S/C20H23N3O3S/c1-7-26-20(25)16-12(4)17(23-13(16)5)18(24)14(6)27-19-15(9-21)10(2)8-11(3)22-19/h8,14,23H,7H2,1-6H3. The number of rotatable bonds is 6. The topological polar surface area (TPSA) is 95.8 Å². The number of thioether (sulfide) groups is 1. The number of esters is 1. The molecule has 0 aliphatic heterocycles. The largest absolute Gasteiger partial charge is 0.462 e. The van der Waals surface area contributed by atoms with Gasteiger partial charge in [0.1, 0.15) is 11.1 Å². The molecule has 0 aromatic carbocycles. The minimum absolute atomic E-state index is 0.152. The zero-order valence-electron chi connectivity index (χ0n) is 16.4. The highest BCUT2D eigenvalue weighted by Gasteiger charge is 2.27. The second-order valence-corrected chi connectivity index (χ2v) is 7.67. The number of ether oxygens (including phenoxy) is 1. The maximum absolute atomic E-state index is 13.0. The number of hydrogen-bond acceptors (Lipinski definition) is 6. The predicted molar refractivity (Wildman–Crippen MR) is 104 cm³/mol. The third kappa shape index (κ3) is 4.22. The molecule has 0 radical (unpaired) electrons. The van der Waals surface area contributed by atoms with E-state index in [4.69, 9.17) is 4.74 Å². The van der Waals surface area contributed by atoms with Crippen molar-refractivity contribution in [3.63, 3.8) is 0 Å². The van der Waals surface area contributed by atoms with Gasteiger partial charge in [0.25, 0.3) is 0 Å². The van der Waals surface area contributed by atoms with Gasteiger partial charge < -0.3 is 9.72 Å². The molecule has 7 heteroatoms. The SMILES string of the molecule is CCOC(=O)c1c(C)[nH]c(C(=O)C(C)Sc2nc(C)cc(C)c2C#N)c1C. The van der Waals surface area contributed by atoms with E-state index in [1.165, 1.54) is 11.8 Å². The molecule has 142 valence electrons. The molecule has 0 fully saturated rings. The van der Waals surface area contributed by atoms with Crippen molar-refractivity contribution >= 4 is 23.5 Å². The normalized spacial score (nSPS) is 11.7. The fourth-order valence-electron chi connectivity index (χ4n) is 2.95. The molecule has 0 spiro atoms. The Balaban J connectivity index is 2.33. The van der Waals surface area contributed by atoms with Crippen molar-refractivity contribution in [3.05, 3.63) is 45.4 Å². The highest BCUT2D eigenvalue weighted by molar-refractivity contribution is 8.00. The predicted octanol–water partition coefficient (Wildman–Crippen LogP) is 4.06. The van der Waals surface area contributed by atoms with Crippen LogP contribution in [0.3, 0.4) is 0 Å². The van der Waals surface area contributed by atoms with Crippen LogP contribution in [-0.2, 0) is 4.74 Å². The van der Waals surface area contributed by atoms with Gasteiger partial charge in [-0.2, -0.15) is 5.26 Å². The molecule has 0 aliphatic rings. The molecule has 2 aromatic heterocycles. The first-order chi connectivity index (χ1) is 12.7. The van der Waals surface area contributed by atoms with Crippen LogP contribution in [0.4, 0.5) is 0 Å². The molecule has 27 heavy (non-hydrogen) atoms. The number of nitrogens with zero attached hydrogens (tertiary/aromatic N) is 2. The zero-order valence-corrected chi connectivity index (χ0v) is 17.2. The average molecular weight is 385 g/mol. The first-order valence-electron chi connectivity index (χ1n) is 8.66. The summed E-state index contributed by atoms with van der Waals surface area (Å²) in [6, 6.07) is 4.01. The molecule has 0 amide bonds. The first kappa shape index (κ1) is 20.7. The lowest BCUT2D eigenvalue weighted by Crippen LogP contribution is -2.16. The van der Waals surface area contributed by atoms with Crippen LogP contribution in [0, 0.1) is 39.0 Å². The van der Waals surface area contributed by atoms with Crippen LogP contribution < -0.4 is 0 Å². The zero-order chi connectivity index (χ0) is 20.3. The van der Waals surface area contributed by atoms with Crippen molar-refractivity contribution < 1.29 is 14.3 Å². The molecule has 6 nitrogen and oxygen atoms in total. The summed E-state index contributed by atoms with van der Waals surface area (Å²) in [6.07, 6.45) is 0. The third-order valence-electron chi connectivity index (χ3n) is 4.24. The van der Waals surface area contributed by atoms with Gasteiger partial charge in [0.15, 0.2) is 5.78 Å². The molecule has 0 bridgehead atoms. The summed E-state index contributed by atoms with van der Waals surface area (Å²) in [5.74, 6) is -0.591. The van der Waals surface area contributed by atoms with Crippen molar-refractivity contribution in [3.8, 4) is 6.07 Å². The Morgan fingerprint density at radius 3 is 2.59 bits per heavy atom. The van der Waals surface area contributed by atoms with Gasteiger partial charge in [0.05, 0.1) is 28.7 Å². The van der Waals surface area contributed by atoms with Gasteiger partial charge in [-0.15, -0.1) is 0 Å². The fourth-order valence-corrected chi connectivity index (χ4v) is 4.03. The lowest BCUT2D eigenvalue weighted by molar-refractivity contribution is 0.0525. The number of hydrogen-bond donors (Lipinski definition) is 1. The number of nitriles is 1. The summed E-state index contributed by atoms with van der Waals surface area (Å²) in [4.78, 5) is 32.6. The Morgan fingerprint density at radius 1 is 1.33 bits per heavy atom. The van der Waals surface area contributed by atoms with Crippen LogP contribution in [0.25, 0.3) is 0 Å². The van der Waals surface area contributed by atoms with Gasteiger partial charge >= 0.3 is 5.97 Å². The molecular weight excluding hydrogens is 362 g/mol. The molecule has 1 unspecified atom stereocenters. The molecule has 2 rings (SSSR count). The second kappa shape index (κ2) is 8.40. The number of Topliss-reactive ketones (excluding diaryl/α,β-unsaturated/α-hetero) is 1. The van der Waals surface area contributed by atoms with Gasteiger partial charge in [-0.05, 0) is 58.7 Å². The van der Waals surface area contributed by atoms with E-state index in [0.717, 1.165) is 11.3 Å². The number of ketones is 1. The van der Waals surface area contributed by atoms with Crippen LogP contribution in [0.15, 0.2) is 11.1 Å². The number of H-pyrrole nitrogens is 1. The molecule has 0 saturated heterocycles. The number of carbonyl (C=O) groups is 2. The van der Waals surface area contributed by atoms with E-state index in [9.17, 15) is 14.9 Å². The van der Waals surface area contributed by atoms with E-state index in [1.807, 2.05) is 19.9 Å². The van der Waals surface area contributed by atoms with E-state index < -0.39 is 11.2 Å². The summed E-state index contributed by atoms with van der Waals surface area (Å²) < 4.78 is 5.07. The summed E-state index contributed by atoms with van der Waals surface area (Å²) in [7, 11) is 0. The number of pyridine rings is 1. The lowest BCUT2D eigenvalue weighted by Gasteiger charge is -2.12. The lowest BCUT2D eigenvalue weighted by atomic mass is 10.1. The molecular formula is C20H23N3O3S. The van der Waals surface area contributed by atoms with E-state index in [-0.39, 0.29) is 12.4 Å². The Kier molecular flexibility index (Phi) is 6.45. The first-order valence-corrected chi connectivity index (χ1v) is 9.54. The molecule has 0 aliphatic carbocycles. The average Bonchev–Trinajstić information content (AvgIpc) is 2.88. The van der Waals surface area contributed by atoms with Gasteiger partial charge in [-0.25, -0.2) is 9.78 Å². The van der Waals surface area contributed by atoms with Crippen LogP contribution in [0.2, 0.25) is 0 Å². The summed E-state index contributed by atoms with van der Waals surface area (Å²) >= 11 is 1.25. The molecule has 1 N–H and O–H groups in total. The minimum atomic E-state index is -0.474. The van der Waals surface area contributed by atoms with Crippen molar-refractivity contribution in [2.24, 2.45) is 0 Å². The van der Waals surface area contributed by atoms with Crippen molar-refractivity contribution in [2.45, 2.75) is 51.8 Å². The summed E-state index contributed by atoms with van der Waals surface area (Å²) in [5.41, 5.74) is 4.09. The van der Waals surface area contributed by atoms with Crippen LogP contribution >= 0.6 is 11.8 Å². The van der Waals surface area contributed by atoms with Gasteiger partial charge in [-0.3, -0.25) is 4.79 Å². The fraction of sp³-hybridized carbons (Fsp3) is 0.400. The third-order valence-corrected chi connectivity index (χ3v) is 5.33. The highest BCUT2D eigenvalue weighted by Crippen LogP contribution is 2.30. The molecule has 2 aromatic rings. The Labute approximate surface area is 163 Å². The number of nitrogens with one attached hydrogen (secondary N) is 1. The monoisotopic (exact) mass is 385 g/mol. The van der Waals surface area contributed by atoms with Crippen LogP contribution in [-0.4, -0.2) is 33.6 Å². The number of carbonyl (C=O) groups excluding carboxylic acids is 2.